The first-order valence-electron chi connectivity index (χ1n) is 9.80. The van der Waals surface area contributed by atoms with Crippen LogP contribution >= 0.6 is 11.3 Å². The molecule has 4 rings (SSSR count). The van der Waals surface area contributed by atoms with Crippen molar-refractivity contribution in [1.29, 1.82) is 5.26 Å². The smallest absolute Gasteiger partial charge is 0.147 e. The number of rotatable bonds is 6. The van der Waals surface area contributed by atoms with Gasteiger partial charge in [0.2, 0.25) is 0 Å². The van der Waals surface area contributed by atoms with Crippen LogP contribution in [-0.4, -0.2) is 24.9 Å². The lowest BCUT2D eigenvalue weighted by Gasteiger charge is -2.33. The van der Waals surface area contributed by atoms with Crippen molar-refractivity contribution in [3.8, 4) is 17.3 Å². The molecule has 0 aliphatic carbocycles. The normalized spacial score (nSPS) is 14.0. The summed E-state index contributed by atoms with van der Waals surface area (Å²) in [5.41, 5.74) is 0.00237. The van der Waals surface area contributed by atoms with Gasteiger partial charge in [-0.05, 0) is 37.3 Å². The maximum absolute atomic E-state index is 14.8. The molecule has 0 saturated heterocycles. The van der Waals surface area contributed by atoms with E-state index >= 15 is 0 Å². The summed E-state index contributed by atoms with van der Waals surface area (Å²) < 4.78 is 30.2. The average molecular weight is 452 g/mol. The zero-order valence-corrected chi connectivity index (χ0v) is 18.1. The van der Waals surface area contributed by atoms with Gasteiger partial charge in [-0.3, -0.25) is 0 Å². The summed E-state index contributed by atoms with van der Waals surface area (Å²) >= 11 is 1.31. The van der Waals surface area contributed by atoms with E-state index in [1.807, 2.05) is 5.38 Å². The molecule has 0 bridgehead atoms. The summed E-state index contributed by atoms with van der Waals surface area (Å²) in [5.74, 6) is -1.57. The number of nitriles is 1. The van der Waals surface area contributed by atoms with Crippen molar-refractivity contribution in [2.75, 3.05) is 0 Å². The SMILES string of the molecule is Cc1ncn(C[C@](O)(c2cc(F)ccc2F)[C@@H](C)c2nc(-c3ccc(C#N)cc3)cs2)n1. The van der Waals surface area contributed by atoms with Crippen LogP contribution in [0.25, 0.3) is 11.3 Å². The molecule has 0 aliphatic rings. The fourth-order valence-electron chi connectivity index (χ4n) is 3.53. The van der Waals surface area contributed by atoms with Gasteiger partial charge in [-0.1, -0.05) is 19.1 Å². The van der Waals surface area contributed by atoms with Gasteiger partial charge in [0.15, 0.2) is 0 Å². The first-order valence-corrected chi connectivity index (χ1v) is 10.7. The van der Waals surface area contributed by atoms with E-state index in [0.29, 0.717) is 22.1 Å². The number of hydrogen-bond donors (Lipinski definition) is 1. The molecule has 0 unspecified atom stereocenters. The highest BCUT2D eigenvalue weighted by molar-refractivity contribution is 7.10. The van der Waals surface area contributed by atoms with Crippen LogP contribution in [0.3, 0.4) is 0 Å². The largest absolute Gasteiger partial charge is 0.382 e. The van der Waals surface area contributed by atoms with Crippen molar-refractivity contribution in [3.05, 3.63) is 87.8 Å². The zero-order chi connectivity index (χ0) is 22.9. The molecule has 162 valence electrons. The van der Waals surface area contributed by atoms with Crippen LogP contribution in [0.5, 0.6) is 0 Å². The summed E-state index contributed by atoms with van der Waals surface area (Å²) in [6, 6.07) is 12.1. The van der Waals surface area contributed by atoms with Crippen molar-refractivity contribution in [1.82, 2.24) is 19.7 Å². The molecule has 0 fully saturated rings. The van der Waals surface area contributed by atoms with E-state index < -0.39 is 23.2 Å². The summed E-state index contributed by atoms with van der Waals surface area (Å²) in [6.45, 7) is 3.28. The topological polar surface area (TPSA) is 87.6 Å². The molecular formula is C23H19F2N5OS. The number of nitrogens with zero attached hydrogens (tertiary/aromatic N) is 5. The molecule has 6 nitrogen and oxygen atoms in total. The Kier molecular flexibility index (Phi) is 5.82. The van der Waals surface area contributed by atoms with Crippen LogP contribution in [-0.2, 0) is 12.1 Å². The second kappa shape index (κ2) is 8.57. The predicted octanol–water partition coefficient (Wildman–Crippen LogP) is 4.55. The van der Waals surface area contributed by atoms with Gasteiger partial charge >= 0.3 is 0 Å². The molecule has 0 spiro atoms. The van der Waals surface area contributed by atoms with Crippen molar-refractivity contribution in [2.45, 2.75) is 31.9 Å². The van der Waals surface area contributed by atoms with Crippen LogP contribution in [0.1, 0.15) is 34.8 Å². The molecule has 0 aliphatic heterocycles. The van der Waals surface area contributed by atoms with Gasteiger partial charge in [0, 0.05) is 22.4 Å². The Balaban J connectivity index is 1.75. The van der Waals surface area contributed by atoms with E-state index in [4.69, 9.17) is 5.26 Å². The second-order valence-corrected chi connectivity index (χ2v) is 8.41. The highest BCUT2D eigenvalue weighted by Crippen LogP contribution is 2.41. The maximum Gasteiger partial charge on any atom is 0.147 e. The summed E-state index contributed by atoms with van der Waals surface area (Å²) in [7, 11) is 0. The number of hydrogen-bond acceptors (Lipinski definition) is 6. The lowest BCUT2D eigenvalue weighted by Crippen LogP contribution is -2.38. The maximum atomic E-state index is 14.8. The fraction of sp³-hybridized carbons (Fsp3) is 0.217. The molecule has 1 N–H and O–H groups in total. The monoisotopic (exact) mass is 451 g/mol. The molecule has 0 amide bonds. The van der Waals surface area contributed by atoms with Crippen molar-refractivity contribution < 1.29 is 13.9 Å². The standard InChI is InChI=1S/C23H19F2N5OS/c1-14(22-28-21(11-32-22)17-5-3-16(10-26)4-6-17)23(31,12-30-13-27-15(2)29-30)19-9-18(24)7-8-20(19)25/h3-9,11,13-14,31H,12H2,1-2H3/t14-,23+/m0/s1. The molecule has 2 aromatic carbocycles. The van der Waals surface area contributed by atoms with E-state index in [0.717, 1.165) is 23.8 Å². The molecule has 2 atom stereocenters. The molecule has 2 aromatic heterocycles. The Bertz CT molecular complexity index is 1290. The predicted molar refractivity (Wildman–Crippen MR) is 116 cm³/mol. The lowest BCUT2D eigenvalue weighted by atomic mass is 9.82. The van der Waals surface area contributed by atoms with Crippen molar-refractivity contribution in [3.63, 3.8) is 0 Å². The van der Waals surface area contributed by atoms with E-state index in [9.17, 15) is 13.9 Å². The Morgan fingerprint density at radius 3 is 2.62 bits per heavy atom. The van der Waals surface area contributed by atoms with Gasteiger partial charge in [-0.25, -0.2) is 23.4 Å². The number of aryl methyl sites for hydroxylation is 1. The van der Waals surface area contributed by atoms with Crippen LogP contribution in [0.4, 0.5) is 8.78 Å². The highest BCUT2D eigenvalue weighted by Gasteiger charge is 2.41. The first-order chi connectivity index (χ1) is 15.3. The molecule has 9 heteroatoms. The van der Waals surface area contributed by atoms with Crippen molar-refractivity contribution in [2.24, 2.45) is 0 Å². The van der Waals surface area contributed by atoms with Crippen LogP contribution < -0.4 is 0 Å². The fourth-order valence-corrected chi connectivity index (χ4v) is 4.51. The lowest BCUT2D eigenvalue weighted by molar-refractivity contribution is -0.0114. The van der Waals surface area contributed by atoms with Gasteiger partial charge in [-0.15, -0.1) is 11.3 Å². The summed E-state index contributed by atoms with van der Waals surface area (Å²) in [5, 5.41) is 27.3. The Labute approximate surface area is 187 Å². The van der Waals surface area contributed by atoms with E-state index in [1.165, 1.54) is 22.3 Å². The second-order valence-electron chi connectivity index (χ2n) is 7.52. The van der Waals surface area contributed by atoms with Gasteiger partial charge in [0.25, 0.3) is 0 Å². The van der Waals surface area contributed by atoms with Crippen LogP contribution in [0, 0.1) is 29.9 Å². The average Bonchev–Trinajstić information content (AvgIpc) is 3.44. The molecule has 0 saturated carbocycles. The van der Waals surface area contributed by atoms with Gasteiger partial charge in [0.1, 0.15) is 29.4 Å². The number of benzene rings is 2. The summed E-state index contributed by atoms with van der Waals surface area (Å²) in [6.07, 6.45) is 1.44. The quantitative estimate of drug-likeness (QED) is 0.465. The molecular weight excluding hydrogens is 432 g/mol. The van der Waals surface area contributed by atoms with Crippen molar-refractivity contribution >= 4 is 11.3 Å². The minimum atomic E-state index is -1.84. The van der Waals surface area contributed by atoms with Gasteiger partial charge in [0.05, 0.1) is 28.9 Å². The zero-order valence-electron chi connectivity index (χ0n) is 17.3. The van der Waals surface area contributed by atoms with Gasteiger partial charge in [-0.2, -0.15) is 10.4 Å². The Morgan fingerprint density at radius 2 is 1.97 bits per heavy atom. The molecule has 0 radical (unpaired) electrons. The summed E-state index contributed by atoms with van der Waals surface area (Å²) in [4.78, 5) is 8.70. The third-order valence-corrected chi connectivity index (χ3v) is 6.39. The third-order valence-electron chi connectivity index (χ3n) is 5.37. The number of thiazole rings is 1. The van der Waals surface area contributed by atoms with E-state index in [-0.39, 0.29) is 12.1 Å². The molecule has 2 heterocycles. The van der Waals surface area contributed by atoms with E-state index in [1.54, 1.807) is 38.1 Å². The number of aromatic nitrogens is 4. The van der Waals surface area contributed by atoms with Crippen LogP contribution in [0.15, 0.2) is 54.2 Å². The van der Waals surface area contributed by atoms with E-state index in [2.05, 4.69) is 21.1 Å². The minimum Gasteiger partial charge on any atom is -0.382 e. The van der Waals surface area contributed by atoms with Crippen LogP contribution in [0.2, 0.25) is 0 Å². The Hall–Kier alpha value is -3.48. The highest BCUT2D eigenvalue weighted by atomic mass is 32.1. The molecule has 4 aromatic rings. The third kappa shape index (κ3) is 4.15. The number of aliphatic hydroxyl groups is 1. The minimum absolute atomic E-state index is 0.138. The molecule has 32 heavy (non-hydrogen) atoms. The van der Waals surface area contributed by atoms with Gasteiger partial charge < -0.3 is 5.11 Å². The first kappa shape index (κ1) is 21.7. The number of halogens is 2. The Morgan fingerprint density at radius 1 is 1.22 bits per heavy atom.